The summed E-state index contributed by atoms with van der Waals surface area (Å²) in [5.41, 5.74) is 2.39. The van der Waals surface area contributed by atoms with Crippen LogP contribution >= 0.6 is 0 Å². The van der Waals surface area contributed by atoms with Crippen LogP contribution in [0.4, 0.5) is 5.82 Å². The molecule has 2 rings (SSSR count). The first-order valence-electron chi connectivity index (χ1n) is 6.13. The first kappa shape index (κ1) is 12.6. The highest BCUT2D eigenvalue weighted by molar-refractivity contribution is 5.42. The lowest BCUT2D eigenvalue weighted by Crippen LogP contribution is -2.03. The minimum Gasteiger partial charge on any atom is -0.376 e. The third kappa shape index (κ3) is 3.57. The van der Waals surface area contributed by atoms with Crippen LogP contribution in [0, 0.1) is 0 Å². The van der Waals surface area contributed by atoms with Crippen LogP contribution < -0.4 is 5.32 Å². The van der Waals surface area contributed by atoms with Crippen molar-refractivity contribution in [2.75, 3.05) is 19.0 Å². The monoisotopic (exact) mass is 242 g/mol. The molecule has 94 valence electrons. The number of pyridine rings is 1. The molecule has 0 fully saturated rings. The molecule has 0 aliphatic rings. The lowest BCUT2D eigenvalue weighted by atomic mass is 10.2. The maximum absolute atomic E-state index is 5.69. The first-order chi connectivity index (χ1) is 8.90. The van der Waals surface area contributed by atoms with Crippen molar-refractivity contribution in [1.29, 1.82) is 0 Å². The topological polar surface area (TPSA) is 34.2 Å². The summed E-state index contributed by atoms with van der Waals surface area (Å²) in [6.45, 7) is 1.32. The molecule has 1 N–H and O–H groups in total. The van der Waals surface area contributed by atoms with E-state index in [0.29, 0.717) is 6.61 Å². The van der Waals surface area contributed by atoms with E-state index in [-0.39, 0.29) is 0 Å². The van der Waals surface area contributed by atoms with Gasteiger partial charge in [0.15, 0.2) is 0 Å². The summed E-state index contributed by atoms with van der Waals surface area (Å²) in [6, 6.07) is 14.3. The molecule has 0 unspecified atom stereocenters. The van der Waals surface area contributed by atoms with Crippen molar-refractivity contribution in [3.63, 3.8) is 0 Å². The quantitative estimate of drug-likeness (QED) is 0.791. The Morgan fingerprint density at radius 3 is 2.72 bits per heavy atom. The number of hydrogen-bond acceptors (Lipinski definition) is 3. The molecule has 2 aromatic rings. The molecule has 0 bridgehead atoms. The van der Waals surface area contributed by atoms with Gasteiger partial charge in [0.05, 0.1) is 13.2 Å². The predicted molar refractivity (Wildman–Crippen MR) is 73.6 cm³/mol. The second-order valence-corrected chi connectivity index (χ2v) is 4.05. The van der Waals surface area contributed by atoms with E-state index in [2.05, 4.69) is 34.6 Å². The van der Waals surface area contributed by atoms with Crippen molar-refractivity contribution in [3.05, 3.63) is 59.8 Å². The largest absolute Gasteiger partial charge is 0.376 e. The van der Waals surface area contributed by atoms with Gasteiger partial charge in [-0.2, -0.15) is 0 Å². The highest BCUT2D eigenvalue weighted by atomic mass is 16.5. The van der Waals surface area contributed by atoms with E-state index < -0.39 is 0 Å². The maximum Gasteiger partial charge on any atom is 0.131 e. The molecule has 0 radical (unpaired) electrons. The lowest BCUT2D eigenvalue weighted by Gasteiger charge is -2.08. The van der Waals surface area contributed by atoms with E-state index in [1.165, 1.54) is 5.56 Å². The van der Waals surface area contributed by atoms with E-state index in [4.69, 9.17) is 4.74 Å². The molecule has 0 atom stereocenters. The van der Waals surface area contributed by atoms with Crippen molar-refractivity contribution in [2.24, 2.45) is 0 Å². The van der Waals surface area contributed by atoms with Crippen LogP contribution in [0.25, 0.3) is 0 Å². The van der Waals surface area contributed by atoms with Crippen molar-refractivity contribution >= 4 is 5.82 Å². The first-order valence-corrected chi connectivity index (χ1v) is 6.13. The Morgan fingerprint density at radius 2 is 1.94 bits per heavy atom. The number of ether oxygens (including phenoxy) is 1. The fourth-order valence-corrected chi connectivity index (χ4v) is 1.80. The Balaban J connectivity index is 1.78. The van der Waals surface area contributed by atoms with Gasteiger partial charge in [0.25, 0.3) is 0 Å². The number of aromatic nitrogens is 1. The molecular formula is C15H18N2O. The molecule has 0 aliphatic heterocycles. The highest BCUT2D eigenvalue weighted by Crippen LogP contribution is 2.11. The smallest absolute Gasteiger partial charge is 0.131 e. The second kappa shape index (κ2) is 6.77. The molecule has 0 saturated carbocycles. The third-order valence-corrected chi connectivity index (χ3v) is 2.76. The summed E-state index contributed by atoms with van der Waals surface area (Å²) < 4.78 is 5.69. The molecule has 0 amide bonds. The summed E-state index contributed by atoms with van der Waals surface area (Å²) in [7, 11) is 1.87. The van der Waals surface area contributed by atoms with E-state index in [1.54, 1.807) is 6.20 Å². The zero-order chi connectivity index (χ0) is 12.6. The van der Waals surface area contributed by atoms with Gasteiger partial charge in [-0.15, -0.1) is 0 Å². The Kier molecular flexibility index (Phi) is 4.73. The number of nitrogens with zero attached hydrogens (tertiary/aromatic N) is 1. The van der Waals surface area contributed by atoms with Crippen LogP contribution in [0.5, 0.6) is 0 Å². The van der Waals surface area contributed by atoms with Gasteiger partial charge in [0.2, 0.25) is 0 Å². The third-order valence-electron chi connectivity index (χ3n) is 2.76. The van der Waals surface area contributed by atoms with Gasteiger partial charge in [0.1, 0.15) is 5.82 Å². The molecule has 0 saturated heterocycles. The second-order valence-electron chi connectivity index (χ2n) is 4.05. The van der Waals surface area contributed by atoms with Crippen LogP contribution in [-0.2, 0) is 17.8 Å². The van der Waals surface area contributed by atoms with Gasteiger partial charge in [-0.3, -0.25) is 0 Å². The summed E-state index contributed by atoms with van der Waals surface area (Å²) >= 11 is 0. The molecule has 3 heteroatoms. The lowest BCUT2D eigenvalue weighted by molar-refractivity contribution is 0.124. The highest BCUT2D eigenvalue weighted by Gasteiger charge is 2.01. The normalized spacial score (nSPS) is 10.3. The SMILES string of the molecule is CNc1ncccc1COCCc1ccccc1. The van der Waals surface area contributed by atoms with Gasteiger partial charge < -0.3 is 10.1 Å². The molecule has 1 heterocycles. The van der Waals surface area contributed by atoms with Crippen LogP contribution in [0.3, 0.4) is 0 Å². The number of hydrogen-bond donors (Lipinski definition) is 1. The number of rotatable bonds is 6. The van der Waals surface area contributed by atoms with Gasteiger partial charge in [-0.1, -0.05) is 36.4 Å². The fraction of sp³-hybridized carbons (Fsp3) is 0.267. The molecular weight excluding hydrogens is 224 g/mol. The number of anilines is 1. The standard InChI is InChI=1S/C15H18N2O/c1-16-15-14(8-5-10-17-15)12-18-11-9-13-6-3-2-4-7-13/h2-8,10H,9,11-12H2,1H3,(H,16,17). The molecule has 1 aromatic heterocycles. The van der Waals surface area contributed by atoms with E-state index in [1.807, 2.05) is 25.2 Å². The Hall–Kier alpha value is -1.87. The summed E-state index contributed by atoms with van der Waals surface area (Å²) in [6.07, 6.45) is 2.72. The van der Waals surface area contributed by atoms with Crippen molar-refractivity contribution in [1.82, 2.24) is 4.98 Å². The van der Waals surface area contributed by atoms with E-state index >= 15 is 0 Å². The van der Waals surface area contributed by atoms with Crippen molar-refractivity contribution in [2.45, 2.75) is 13.0 Å². The Morgan fingerprint density at radius 1 is 1.11 bits per heavy atom. The molecule has 0 aliphatic carbocycles. The predicted octanol–water partition coefficient (Wildman–Crippen LogP) is 2.88. The molecule has 18 heavy (non-hydrogen) atoms. The Bertz CT molecular complexity index is 471. The summed E-state index contributed by atoms with van der Waals surface area (Å²) in [5.74, 6) is 0.886. The van der Waals surface area contributed by atoms with Crippen LogP contribution in [0.1, 0.15) is 11.1 Å². The Labute approximate surface area is 108 Å². The minimum atomic E-state index is 0.594. The average Bonchev–Trinajstić information content (AvgIpc) is 2.45. The molecule has 3 nitrogen and oxygen atoms in total. The summed E-state index contributed by atoms with van der Waals surface area (Å²) in [4.78, 5) is 4.24. The molecule has 0 spiro atoms. The van der Waals surface area contributed by atoms with Gasteiger partial charge in [-0.25, -0.2) is 4.98 Å². The summed E-state index contributed by atoms with van der Waals surface area (Å²) in [5, 5.41) is 3.06. The zero-order valence-corrected chi connectivity index (χ0v) is 10.6. The number of nitrogens with one attached hydrogen (secondary N) is 1. The fourth-order valence-electron chi connectivity index (χ4n) is 1.80. The van der Waals surface area contributed by atoms with Gasteiger partial charge in [0, 0.05) is 18.8 Å². The van der Waals surface area contributed by atoms with Gasteiger partial charge >= 0.3 is 0 Å². The van der Waals surface area contributed by atoms with Crippen LogP contribution in [-0.4, -0.2) is 18.6 Å². The zero-order valence-electron chi connectivity index (χ0n) is 10.6. The van der Waals surface area contributed by atoms with Crippen LogP contribution in [0.2, 0.25) is 0 Å². The van der Waals surface area contributed by atoms with E-state index in [9.17, 15) is 0 Å². The molecule has 1 aromatic carbocycles. The van der Waals surface area contributed by atoms with Crippen LogP contribution in [0.15, 0.2) is 48.7 Å². The maximum atomic E-state index is 5.69. The average molecular weight is 242 g/mol. The van der Waals surface area contributed by atoms with Gasteiger partial charge in [-0.05, 0) is 18.1 Å². The van der Waals surface area contributed by atoms with Crippen molar-refractivity contribution in [3.8, 4) is 0 Å². The number of benzene rings is 1. The minimum absolute atomic E-state index is 0.594. The van der Waals surface area contributed by atoms with Crippen molar-refractivity contribution < 1.29 is 4.74 Å². The van der Waals surface area contributed by atoms with E-state index in [0.717, 1.165) is 24.4 Å².